The van der Waals surface area contributed by atoms with Crippen molar-refractivity contribution in [1.29, 1.82) is 0 Å². The maximum atomic E-state index is 13.5. The molecule has 3 aliphatic rings. The zero-order valence-electron chi connectivity index (χ0n) is 19.9. The summed E-state index contributed by atoms with van der Waals surface area (Å²) < 4.78 is 10.4. The summed E-state index contributed by atoms with van der Waals surface area (Å²) in [7, 11) is 0. The highest BCUT2D eigenvalue weighted by Crippen LogP contribution is 2.39. The highest BCUT2D eigenvalue weighted by Gasteiger charge is 2.49. The maximum Gasteiger partial charge on any atom is 0.413 e. The molecule has 2 heterocycles. The summed E-state index contributed by atoms with van der Waals surface area (Å²) in [5.74, 6) is -1.12. The van der Waals surface area contributed by atoms with E-state index in [4.69, 9.17) is 9.47 Å². The zero-order chi connectivity index (χ0) is 24.2. The molecule has 0 aromatic heterocycles. The number of imide groups is 1. The van der Waals surface area contributed by atoms with Gasteiger partial charge in [0.25, 0.3) is 5.91 Å². The average molecular weight is 468 g/mol. The minimum absolute atomic E-state index is 0.118. The van der Waals surface area contributed by atoms with Crippen LogP contribution < -0.4 is 5.32 Å². The van der Waals surface area contributed by atoms with Gasteiger partial charge in [-0.2, -0.15) is 0 Å². The Morgan fingerprint density at radius 1 is 1.24 bits per heavy atom. The number of nitrogens with zero attached hydrogens (tertiary/aromatic N) is 2. The Hall–Kier alpha value is -2.20. The Morgan fingerprint density at radius 2 is 1.91 bits per heavy atom. The van der Waals surface area contributed by atoms with Crippen molar-refractivity contribution < 1.29 is 33.9 Å². The van der Waals surface area contributed by atoms with Crippen molar-refractivity contribution in [3.8, 4) is 0 Å². The van der Waals surface area contributed by atoms with Crippen molar-refractivity contribution >= 4 is 24.3 Å². The molecule has 0 aromatic rings. The lowest BCUT2D eigenvalue weighted by Gasteiger charge is -2.37. The topological polar surface area (TPSA) is 125 Å². The minimum Gasteiger partial charge on any atom is -0.448 e. The van der Waals surface area contributed by atoms with Crippen LogP contribution in [-0.2, 0) is 23.9 Å². The molecule has 0 spiro atoms. The van der Waals surface area contributed by atoms with Crippen molar-refractivity contribution in [3.63, 3.8) is 0 Å². The van der Waals surface area contributed by atoms with Crippen LogP contribution in [0.25, 0.3) is 0 Å². The molecule has 0 radical (unpaired) electrons. The summed E-state index contributed by atoms with van der Waals surface area (Å²) in [5.41, 5.74) is -0.785. The SMILES string of the molecule is CC1(COC(=O)NC(=O)[C@H]2N(C(=O)[C@H](CC3CCCC3)CN(O)C=O)CCC2(C)C)COC1. The van der Waals surface area contributed by atoms with Gasteiger partial charge in [-0.25, -0.2) is 9.86 Å². The van der Waals surface area contributed by atoms with Gasteiger partial charge in [0.15, 0.2) is 0 Å². The van der Waals surface area contributed by atoms with Gasteiger partial charge in [0.2, 0.25) is 12.3 Å². The molecule has 3 rings (SSSR count). The normalized spacial score (nSPS) is 24.6. The van der Waals surface area contributed by atoms with E-state index in [0.29, 0.717) is 43.6 Å². The first kappa shape index (κ1) is 25.4. The molecule has 1 aliphatic carbocycles. The molecule has 0 unspecified atom stereocenters. The summed E-state index contributed by atoms with van der Waals surface area (Å²) >= 11 is 0. The van der Waals surface area contributed by atoms with Crippen molar-refractivity contribution in [1.82, 2.24) is 15.3 Å². The summed E-state index contributed by atoms with van der Waals surface area (Å²) in [6, 6.07) is -0.852. The van der Waals surface area contributed by atoms with Crippen LogP contribution in [0.5, 0.6) is 0 Å². The smallest absolute Gasteiger partial charge is 0.413 e. The number of nitrogens with one attached hydrogen (secondary N) is 1. The van der Waals surface area contributed by atoms with Crippen LogP contribution in [0.15, 0.2) is 0 Å². The predicted octanol–water partition coefficient (Wildman–Crippen LogP) is 1.95. The Morgan fingerprint density at radius 3 is 2.48 bits per heavy atom. The van der Waals surface area contributed by atoms with E-state index in [1.165, 1.54) is 4.90 Å². The van der Waals surface area contributed by atoms with Crippen LogP contribution in [0.1, 0.15) is 59.3 Å². The quantitative estimate of drug-likeness (QED) is 0.302. The molecule has 10 nitrogen and oxygen atoms in total. The van der Waals surface area contributed by atoms with E-state index >= 15 is 0 Å². The molecule has 4 amide bonds. The molecule has 33 heavy (non-hydrogen) atoms. The molecular weight excluding hydrogens is 430 g/mol. The highest BCUT2D eigenvalue weighted by molar-refractivity contribution is 5.98. The number of hydrogen-bond donors (Lipinski definition) is 2. The first-order valence-corrected chi connectivity index (χ1v) is 11.8. The molecule has 0 aromatic carbocycles. The van der Waals surface area contributed by atoms with Crippen molar-refractivity contribution in [2.24, 2.45) is 22.7 Å². The van der Waals surface area contributed by atoms with Gasteiger partial charge < -0.3 is 14.4 Å². The van der Waals surface area contributed by atoms with Gasteiger partial charge in [-0.05, 0) is 24.2 Å². The Kier molecular flexibility index (Phi) is 8.00. The molecule has 2 N–H and O–H groups in total. The van der Waals surface area contributed by atoms with Crippen LogP contribution in [-0.4, -0.2) is 78.4 Å². The van der Waals surface area contributed by atoms with Gasteiger partial charge in [0, 0.05) is 12.0 Å². The molecular formula is C23H37N3O7. The lowest BCUT2D eigenvalue weighted by Crippen LogP contribution is -2.54. The first-order valence-electron chi connectivity index (χ1n) is 11.8. The van der Waals surface area contributed by atoms with E-state index in [9.17, 15) is 24.4 Å². The van der Waals surface area contributed by atoms with Crippen molar-refractivity contribution in [2.45, 2.75) is 65.3 Å². The fourth-order valence-electron chi connectivity index (χ4n) is 5.21. The minimum atomic E-state index is -0.852. The number of amides is 4. The van der Waals surface area contributed by atoms with E-state index < -0.39 is 29.4 Å². The summed E-state index contributed by atoms with van der Waals surface area (Å²) in [6.45, 7) is 7.09. The molecule has 2 saturated heterocycles. The monoisotopic (exact) mass is 467 g/mol. The molecule has 0 bridgehead atoms. The van der Waals surface area contributed by atoms with E-state index in [0.717, 1.165) is 25.7 Å². The van der Waals surface area contributed by atoms with Gasteiger partial charge in [0.1, 0.15) is 12.6 Å². The average Bonchev–Trinajstić information content (AvgIpc) is 3.36. The number of hydrogen-bond acceptors (Lipinski definition) is 7. The number of carbonyl (C=O) groups is 4. The second kappa shape index (κ2) is 10.4. The maximum absolute atomic E-state index is 13.5. The van der Waals surface area contributed by atoms with Crippen LogP contribution in [0.3, 0.4) is 0 Å². The summed E-state index contributed by atoms with van der Waals surface area (Å²) in [6.07, 6.45) is 4.84. The zero-order valence-corrected chi connectivity index (χ0v) is 19.9. The lowest BCUT2D eigenvalue weighted by molar-refractivity contribution is -0.159. The van der Waals surface area contributed by atoms with Gasteiger partial charge in [0.05, 0.1) is 25.7 Å². The lowest BCUT2D eigenvalue weighted by atomic mass is 9.83. The number of hydroxylamine groups is 2. The van der Waals surface area contributed by atoms with Gasteiger partial charge in [-0.15, -0.1) is 0 Å². The van der Waals surface area contributed by atoms with Gasteiger partial charge in [-0.1, -0.05) is 46.5 Å². The molecule has 2 atom stereocenters. The molecule has 10 heteroatoms. The van der Waals surface area contributed by atoms with Crippen molar-refractivity contribution in [2.75, 3.05) is 32.9 Å². The van der Waals surface area contributed by atoms with Crippen LogP contribution >= 0.6 is 0 Å². The fourth-order valence-corrected chi connectivity index (χ4v) is 5.21. The predicted molar refractivity (Wildman–Crippen MR) is 117 cm³/mol. The third kappa shape index (κ3) is 6.23. The third-order valence-electron chi connectivity index (χ3n) is 7.23. The summed E-state index contributed by atoms with van der Waals surface area (Å²) in [5, 5.41) is 12.6. The Balaban J connectivity index is 1.67. The molecule has 186 valence electrons. The Bertz CT molecular complexity index is 746. The number of carbonyl (C=O) groups excluding carboxylic acids is 4. The van der Waals surface area contributed by atoms with E-state index in [2.05, 4.69) is 5.32 Å². The largest absolute Gasteiger partial charge is 0.448 e. The Labute approximate surface area is 194 Å². The van der Waals surface area contributed by atoms with Gasteiger partial charge >= 0.3 is 6.09 Å². The van der Waals surface area contributed by atoms with Crippen LogP contribution in [0.4, 0.5) is 4.79 Å². The van der Waals surface area contributed by atoms with E-state index in [-0.39, 0.29) is 30.9 Å². The highest BCUT2D eigenvalue weighted by atomic mass is 16.6. The second-order valence-electron chi connectivity index (χ2n) is 10.9. The van der Waals surface area contributed by atoms with Gasteiger partial charge in [-0.3, -0.25) is 24.9 Å². The van der Waals surface area contributed by atoms with Crippen LogP contribution in [0.2, 0.25) is 0 Å². The van der Waals surface area contributed by atoms with E-state index in [1.807, 2.05) is 20.8 Å². The van der Waals surface area contributed by atoms with Crippen LogP contribution in [0, 0.1) is 22.7 Å². The number of likely N-dealkylation sites (tertiary alicyclic amines) is 1. The molecule has 1 saturated carbocycles. The number of alkyl carbamates (subject to hydrolysis) is 1. The van der Waals surface area contributed by atoms with E-state index in [1.54, 1.807) is 0 Å². The standard InChI is InChI=1S/C23H37N3O7/c1-22(2)8-9-26(18(22)19(28)24-21(30)33-14-23(3)12-32-13-23)20(29)17(11-25(31)15-27)10-16-6-4-5-7-16/h15-18,31H,4-14H2,1-3H3,(H,24,28,30)/t17-,18-/m1/s1. The molecule has 3 fully saturated rings. The second-order valence-corrected chi connectivity index (χ2v) is 10.9. The molecule has 2 aliphatic heterocycles. The fraction of sp³-hybridized carbons (Fsp3) is 0.826. The summed E-state index contributed by atoms with van der Waals surface area (Å²) in [4.78, 5) is 51.4. The number of ether oxygens (including phenoxy) is 2. The van der Waals surface area contributed by atoms with Crippen molar-refractivity contribution in [3.05, 3.63) is 0 Å². The number of rotatable bonds is 9. The first-order chi connectivity index (χ1) is 15.5. The third-order valence-corrected chi connectivity index (χ3v) is 7.23.